The Morgan fingerprint density at radius 1 is 1.19 bits per heavy atom. The van der Waals surface area contributed by atoms with Gasteiger partial charge in [-0.05, 0) is 11.6 Å². The molecule has 7 nitrogen and oxygen atoms in total. The highest BCUT2D eigenvalue weighted by molar-refractivity contribution is 6.02. The molecule has 0 bridgehead atoms. The zero-order valence-electron chi connectivity index (χ0n) is 14.6. The first kappa shape index (κ1) is 20.1. The maximum absolute atomic E-state index is 12.5. The van der Waals surface area contributed by atoms with Crippen LogP contribution in [0.2, 0.25) is 0 Å². The molecule has 1 aliphatic rings. The normalized spacial score (nSPS) is 18.3. The van der Waals surface area contributed by atoms with Crippen molar-refractivity contribution in [2.24, 2.45) is 0 Å². The first-order valence-electron chi connectivity index (χ1n) is 8.29. The second-order valence-corrected chi connectivity index (χ2v) is 5.78. The lowest BCUT2D eigenvalue weighted by atomic mass is 9.81. The Morgan fingerprint density at radius 3 is 2.59 bits per heavy atom. The minimum atomic E-state index is -2.00. The van der Waals surface area contributed by atoms with E-state index in [-0.39, 0.29) is 42.8 Å². The van der Waals surface area contributed by atoms with Crippen LogP contribution in [0.3, 0.4) is 0 Å². The van der Waals surface area contributed by atoms with Crippen molar-refractivity contribution < 1.29 is 34.1 Å². The van der Waals surface area contributed by atoms with E-state index < -0.39 is 23.5 Å². The van der Waals surface area contributed by atoms with Crippen LogP contribution in [0.15, 0.2) is 55.1 Å². The van der Waals surface area contributed by atoms with Gasteiger partial charge in [-0.1, -0.05) is 43.0 Å². The second-order valence-electron chi connectivity index (χ2n) is 5.78. The highest BCUT2D eigenvalue weighted by Gasteiger charge is 2.43. The number of hydrogen-bond acceptors (Lipinski definition) is 6. The number of ether oxygens (including phenoxy) is 2. The first-order chi connectivity index (χ1) is 12.9. The van der Waals surface area contributed by atoms with Gasteiger partial charge >= 0.3 is 17.9 Å². The molecule has 0 heterocycles. The lowest BCUT2D eigenvalue weighted by molar-refractivity contribution is -0.159. The molecule has 1 atom stereocenters. The summed E-state index contributed by atoms with van der Waals surface area (Å²) in [7, 11) is 0. The fourth-order valence-electron chi connectivity index (χ4n) is 2.64. The largest absolute Gasteiger partial charge is 0.478 e. The van der Waals surface area contributed by atoms with Crippen LogP contribution in [-0.2, 0) is 19.1 Å². The van der Waals surface area contributed by atoms with Gasteiger partial charge in [0.2, 0.25) is 0 Å². The van der Waals surface area contributed by atoms with Crippen LogP contribution in [0.5, 0.6) is 0 Å². The zero-order chi connectivity index (χ0) is 19.9. The minimum absolute atomic E-state index is 0.0263. The minimum Gasteiger partial charge on any atom is -0.478 e. The first-order valence-corrected chi connectivity index (χ1v) is 8.29. The van der Waals surface area contributed by atoms with Crippen molar-refractivity contribution in [1.82, 2.24) is 0 Å². The van der Waals surface area contributed by atoms with Crippen molar-refractivity contribution in [1.29, 1.82) is 0 Å². The Balaban J connectivity index is 2.12. The van der Waals surface area contributed by atoms with Crippen molar-refractivity contribution in [2.45, 2.75) is 18.4 Å². The average Bonchev–Trinajstić information content (AvgIpc) is 2.67. The van der Waals surface area contributed by atoms with E-state index in [1.807, 2.05) is 0 Å². The molecule has 0 aromatic heterocycles. The summed E-state index contributed by atoms with van der Waals surface area (Å²) in [5, 5.41) is 20.3. The van der Waals surface area contributed by atoms with Crippen LogP contribution in [0.4, 0.5) is 0 Å². The Bertz CT molecular complexity index is 806. The number of esters is 2. The van der Waals surface area contributed by atoms with Gasteiger partial charge in [0.05, 0.1) is 18.8 Å². The number of carboxylic acids is 1. The van der Waals surface area contributed by atoms with Crippen molar-refractivity contribution in [3.8, 4) is 0 Å². The zero-order valence-corrected chi connectivity index (χ0v) is 14.6. The van der Waals surface area contributed by atoms with Gasteiger partial charge in [0.15, 0.2) is 5.60 Å². The van der Waals surface area contributed by atoms with E-state index in [9.17, 15) is 24.6 Å². The van der Waals surface area contributed by atoms with Crippen LogP contribution in [0.25, 0.3) is 5.57 Å². The van der Waals surface area contributed by atoms with Gasteiger partial charge in [-0.15, -0.1) is 0 Å². The summed E-state index contributed by atoms with van der Waals surface area (Å²) < 4.78 is 9.90. The fourth-order valence-corrected chi connectivity index (χ4v) is 2.64. The molecular formula is C20H20O7. The number of aliphatic hydroxyl groups is 1. The topological polar surface area (TPSA) is 110 Å². The van der Waals surface area contributed by atoms with Gasteiger partial charge in [0, 0.05) is 24.5 Å². The molecule has 2 rings (SSSR count). The Kier molecular flexibility index (Phi) is 6.67. The summed E-state index contributed by atoms with van der Waals surface area (Å²) in [6.07, 6.45) is 5.97. The van der Waals surface area contributed by atoms with Gasteiger partial charge in [0.25, 0.3) is 0 Å². The van der Waals surface area contributed by atoms with Gasteiger partial charge < -0.3 is 19.7 Å². The molecule has 0 fully saturated rings. The number of carbonyl (C=O) groups excluding carboxylic acids is 2. The Hall–Kier alpha value is -3.19. The predicted molar refractivity (Wildman–Crippen MR) is 96.8 cm³/mol. The molecule has 1 aliphatic carbocycles. The summed E-state index contributed by atoms with van der Waals surface area (Å²) in [5.41, 5.74) is -1.63. The number of rotatable bonds is 8. The van der Waals surface area contributed by atoms with Crippen molar-refractivity contribution in [2.75, 3.05) is 13.2 Å². The lowest BCUT2D eigenvalue weighted by Gasteiger charge is -2.30. The molecule has 7 heteroatoms. The number of allylic oxidation sites excluding steroid dienone is 2. The summed E-state index contributed by atoms with van der Waals surface area (Å²) >= 11 is 0. The molecule has 1 aromatic rings. The van der Waals surface area contributed by atoms with Crippen molar-refractivity contribution in [3.05, 3.63) is 66.3 Å². The standard InChI is InChI=1S/C20H20O7/c1-2-17(21)26-12-7-13-27-19(24)20(25)11-6-5-10-16(20)14-8-3-4-9-15(14)18(22)23/h2-6,8-10,25H,1,7,11-13H2,(H,22,23). The smallest absolute Gasteiger partial charge is 0.343 e. The molecule has 1 aromatic carbocycles. The third-order valence-corrected chi connectivity index (χ3v) is 3.98. The maximum atomic E-state index is 12.5. The van der Waals surface area contributed by atoms with E-state index in [1.54, 1.807) is 24.3 Å². The molecule has 0 aliphatic heterocycles. The van der Waals surface area contributed by atoms with Crippen molar-refractivity contribution >= 4 is 23.5 Å². The lowest BCUT2D eigenvalue weighted by Crippen LogP contribution is -2.42. The third-order valence-electron chi connectivity index (χ3n) is 3.98. The molecule has 1 unspecified atom stereocenters. The molecular weight excluding hydrogens is 352 g/mol. The molecule has 0 spiro atoms. The van der Waals surface area contributed by atoms with E-state index in [0.717, 1.165) is 6.08 Å². The molecule has 0 saturated heterocycles. The van der Waals surface area contributed by atoms with Gasteiger partial charge in [-0.25, -0.2) is 14.4 Å². The van der Waals surface area contributed by atoms with Crippen LogP contribution in [0.1, 0.15) is 28.8 Å². The van der Waals surface area contributed by atoms with Crippen molar-refractivity contribution in [3.63, 3.8) is 0 Å². The molecule has 142 valence electrons. The van der Waals surface area contributed by atoms with Crippen LogP contribution < -0.4 is 0 Å². The Morgan fingerprint density at radius 2 is 1.89 bits per heavy atom. The number of carboxylic acid groups (broad SMARTS) is 1. The maximum Gasteiger partial charge on any atom is 0.343 e. The number of benzene rings is 1. The fraction of sp³-hybridized carbons (Fsp3) is 0.250. The van der Waals surface area contributed by atoms with Gasteiger partial charge in [0.1, 0.15) is 0 Å². The van der Waals surface area contributed by atoms with E-state index in [4.69, 9.17) is 9.47 Å². The SMILES string of the molecule is C=CC(=O)OCCCOC(=O)C1(O)CC=CC=C1c1ccccc1C(=O)O. The molecule has 0 radical (unpaired) electrons. The van der Waals surface area contributed by atoms with E-state index >= 15 is 0 Å². The molecule has 0 saturated carbocycles. The van der Waals surface area contributed by atoms with Gasteiger partial charge in [-0.2, -0.15) is 0 Å². The van der Waals surface area contributed by atoms with E-state index in [2.05, 4.69) is 6.58 Å². The monoisotopic (exact) mass is 372 g/mol. The number of carbonyl (C=O) groups is 3. The quantitative estimate of drug-likeness (QED) is 0.408. The van der Waals surface area contributed by atoms with Gasteiger partial charge in [-0.3, -0.25) is 0 Å². The Labute approximate surface area is 156 Å². The van der Waals surface area contributed by atoms with E-state index in [0.29, 0.717) is 0 Å². The highest BCUT2D eigenvalue weighted by atomic mass is 16.6. The second kappa shape index (κ2) is 8.95. The van der Waals surface area contributed by atoms with E-state index in [1.165, 1.54) is 18.2 Å². The molecule has 0 amide bonds. The molecule has 2 N–H and O–H groups in total. The summed E-state index contributed by atoms with van der Waals surface area (Å²) in [4.78, 5) is 34.9. The summed E-state index contributed by atoms with van der Waals surface area (Å²) in [6, 6.07) is 6.12. The summed E-state index contributed by atoms with van der Waals surface area (Å²) in [6.45, 7) is 3.24. The predicted octanol–water partition coefficient (Wildman–Crippen LogP) is 2.12. The molecule has 27 heavy (non-hydrogen) atoms. The third kappa shape index (κ3) is 4.71. The average molecular weight is 372 g/mol. The van der Waals surface area contributed by atoms with Crippen LogP contribution in [-0.4, -0.2) is 46.9 Å². The highest BCUT2D eigenvalue weighted by Crippen LogP contribution is 2.36. The number of aromatic carboxylic acids is 1. The van der Waals surface area contributed by atoms with Crippen LogP contribution >= 0.6 is 0 Å². The number of hydrogen-bond donors (Lipinski definition) is 2. The summed E-state index contributed by atoms with van der Waals surface area (Å²) in [5.74, 6) is -2.64. The van der Waals surface area contributed by atoms with Crippen LogP contribution in [0, 0.1) is 0 Å².